The van der Waals surface area contributed by atoms with Crippen LogP contribution in [-0.4, -0.2) is 5.16 Å². The molecule has 0 aliphatic heterocycles. The van der Waals surface area contributed by atoms with Crippen LogP contribution < -0.4 is 0 Å². The van der Waals surface area contributed by atoms with Crippen molar-refractivity contribution in [2.75, 3.05) is 0 Å². The molecule has 0 unspecified atom stereocenters. The van der Waals surface area contributed by atoms with Crippen molar-refractivity contribution in [2.24, 2.45) is 0 Å². The molecule has 0 fully saturated rings. The first kappa shape index (κ1) is 9.79. The molecule has 1 rings (SSSR count). The van der Waals surface area contributed by atoms with Crippen LogP contribution in [-0.2, 0) is 5.41 Å². The van der Waals surface area contributed by atoms with Gasteiger partial charge in [0.25, 0.3) is 0 Å². The summed E-state index contributed by atoms with van der Waals surface area (Å²) in [6, 6.07) is 2.13. The van der Waals surface area contributed by atoms with Gasteiger partial charge in [-0.2, -0.15) is 5.26 Å². The largest absolute Gasteiger partial charge is 0.359 e. The average molecular weight is 178 g/mol. The molecule has 0 saturated carbocycles. The molecular weight excluding hydrogens is 164 g/mol. The normalized spacial score (nSPS) is 11.3. The summed E-state index contributed by atoms with van der Waals surface area (Å²) in [5.41, 5.74) is 1.16. The second-order valence-electron chi connectivity index (χ2n) is 3.82. The van der Waals surface area contributed by atoms with Gasteiger partial charge in [-0.15, -0.1) is 0 Å². The zero-order valence-corrected chi connectivity index (χ0v) is 8.51. The average Bonchev–Trinajstić information content (AvgIpc) is 2.47. The van der Waals surface area contributed by atoms with Gasteiger partial charge in [-0.25, -0.2) is 0 Å². The minimum atomic E-state index is -0.105. The lowest BCUT2D eigenvalue weighted by atomic mass is 9.85. The van der Waals surface area contributed by atoms with E-state index in [4.69, 9.17) is 9.78 Å². The van der Waals surface area contributed by atoms with Crippen LogP contribution in [0.15, 0.2) is 4.52 Å². The van der Waals surface area contributed by atoms with E-state index in [1.54, 1.807) is 6.92 Å². The molecule has 1 aromatic rings. The number of rotatable bonds is 2. The lowest BCUT2D eigenvalue weighted by Gasteiger charge is -2.18. The van der Waals surface area contributed by atoms with Gasteiger partial charge in [0.05, 0.1) is 5.69 Å². The van der Waals surface area contributed by atoms with Crippen molar-refractivity contribution in [3.63, 3.8) is 0 Å². The van der Waals surface area contributed by atoms with Crippen LogP contribution in [0.3, 0.4) is 0 Å². The molecule has 0 spiro atoms. The van der Waals surface area contributed by atoms with Gasteiger partial charge in [0.1, 0.15) is 11.6 Å². The van der Waals surface area contributed by atoms with Crippen molar-refractivity contribution in [3.8, 4) is 6.07 Å². The minimum absolute atomic E-state index is 0.105. The Morgan fingerprint density at radius 2 is 2.15 bits per heavy atom. The molecule has 0 aliphatic carbocycles. The Balaban J connectivity index is 3.24. The molecule has 0 N–H and O–H groups in total. The summed E-state index contributed by atoms with van der Waals surface area (Å²) in [4.78, 5) is 0. The standard InChI is InChI=1S/C10H14N2O/c1-5-10(3,4)9-8(6-11)7(2)12-13-9/h5H2,1-4H3. The Morgan fingerprint density at radius 3 is 2.62 bits per heavy atom. The first-order valence-corrected chi connectivity index (χ1v) is 4.39. The number of nitriles is 1. The van der Waals surface area contributed by atoms with Crippen molar-refractivity contribution < 1.29 is 4.52 Å². The van der Waals surface area contributed by atoms with Crippen LogP contribution in [0.4, 0.5) is 0 Å². The van der Waals surface area contributed by atoms with Gasteiger partial charge in [0.2, 0.25) is 0 Å². The van der Waals surface area contributed by atoms with Crippen molar-refractivity contribution in [1.82, 2.24) is 5.16 Å². The third-order valence-electron chi connectivity index (χ3n) is 2.47. The topological polar surface area (TPSA) is 49.8 Å². The van der Waals surface area contributed by atoms with Gasteiger partial charge in [-0.05, 0) is 13.3 Å². The van der Waals surface area contributed by atoms with Crippen LogP contribution in [0, 0.1) is 18.3 Å². The van der Waals surface area contributed by atoms with E-state index in [0.29, 0.717) is 17.0 Å². The lowest BCUT2D eigenvalue weighted by molar-refractivity contribution is 0.308. The predicted octanol–water partition coefficient (Wildman–Crippen LogP) is 2.54. The van der Waals surface area contributed by atoms with Crippen LogP contribution in [0.25, 0.3) is 0 Å². The third-order valence-corrected chi connectivity index (χ3v) is 2.47. The van der Waals surface area contributed by atoms with E-state index >= 15 is 0 Å². The lowest BCUT2D eigenvalue weighted by Crippen LogP contribution is -2.15. The van der Waals surface area contributed by atoms with Gasteiger partial charge in [-0.1, -0.05) is 25.9 Å². The quantitative estimate of drug-likeness (QED) is 0.699. The molecule has 0 amide bonds. The minimum Gasteiger partial charge on any atom is -0.359 e. The van der Waals surface area contributed by atoms with E-state index in [-0.39, 0.29) is 5.41 Å². The maximum absolute atomic E-state index is 8.90. The van der Waals surface area contributed by atoms with Gasteiger partial charge < -0.3 is 4.52 Å². The fourth-order valence-electron chi connectivity index (χ4n) is 1.12. The van der Waals surface area contributed by atoms with Gasteiger partial charge >= 0.3 is 0 Å². The predicted molar refractivity (Wildman–Crippen MR) is 49.3 cm³/mol. The van der Waals surface area contributed by atoms with Crippen molar-refractivity contribution in [2.45, 2.75) is 39.5 Å². The van der Waals surface area contributed by atoms with Gasteiger partial charge in [0.15, 0.2) is 5.76 Å². The monoisotopic (exact) mass is 178 g/mol. The Bertz CT molecular complexity index is 344. The molecule has 0 radical (unpaired) electrons. The van der Waals surface area contributed by atoms with Crippen LogP contribution in [0.2, 0.25) is 0 Å². The summed E-state index contributed by atoms with van der Waals surface area (Å²) in [5, 5.41) is 12.7. The molecule has 1 aromatic heterocycles. The second kappa shape index (κ2) is 3.21. The van der Waals surface area contributed by atoms with E-state index in [1.807, 2.05) is 13.8 Å². The van der Waals surface area contributed by atoms with Crippen molar-refractivity contribution >= 4 is 0 Å². The molecular formula is C10H14N2O. The highest BCUT2D eigenvalue weighted by Gasteiger charge is 2.28. The highest BCUT2D eigenvalue weighted by Crippen LogP contribution is 2.30. The molecule has 1 heterocycles. The number of hydrogen-bond donors (Lipinski definition) is 0. The van der Waals surface area contributed by atoms with E-state index < -0.39 is 0 Å². The molecule has 0 aromatic carbocycles. The molecule has 0 saturated heterocycles. The second-order valence-corrected chi connectivity index (χ2v) is 3.82. The van der Waals surface area contributed by atoms with E-state index in [2.05, 4.69) is 18.1 Å². The summed E-state index contributed by atoms with van der Waals surface area (Å²) < 4.78 is 5.17. The van der Waals surface area contributed by atoms with Crippen LogP contribution >= 0.6 is 0 Å². The summed E-state index contributed by atoms with van der Waals surface area (Å²) in [6.07, 6.45) is 0.927. The Morgan fingerprint density at radius 1 is 1.54 bits per heavy atom. The molecule has 70 valence electrons. The molecule has 0 aliphatic rings. The summed E-state index contributed by atoms with van der Waals surface area (Å²) >= 11 is 0. The summed E-state index contributed by atoms with van der Waals surface area (Å²) in [6.45, 7) is 7.96. The zero-order chi connectivity index (χ0) is 10.1. The highest BCUT2D eigenvalue weighted by molar-refractivity contribution is 5.38. The van der Waals surface area contributed by atoms with Gasteiger partial charge in [-0.3, -0.25) is 0 Å². The SMILES string of the molecule is CCC(C)(C)c1onc(C)c1C#N. The maximum Gasteiger partial charge on any atom is 0.160 e. The van der Waals surface area contributed by atoms with Gasteiger partial charge in [0, 0.05) is 5.41 Å². The smallest absolute Gasteiger partial charge is 0.160 e. The number of hydrogen-bond acceptors (Lipinski definition) is 3. The maximum atomic E-state index is 8.90. The first-order valence-electron chi connectivity index (χ1n) is 4.39. The Hall–Kier alpha value is -1.30. The number of nitrogens with zero attached hydrogens (tertiary/aromatic N) is 2. The number of aryl methyl sites for hydroxylation is 1. The van der Waals surface area contributed by atoms with Crippen molar-refractivity contribution in [1.29, 1.82) is 5.26 Å². The Kier molecular flexibility index (Phi) is 2.42. The zero-order valence-electron chi connectivity index (χ0n) is 8.51. The fourth-order valence-corrected chi connectivity index (χ4v) is 1.12. The molecule has 0 bridgehead atoms. The summed E-state index contributed by atoms with van der Waals surface area (Å²) in [5.74, 6) is 0.704. The van der Waals surface area contributed by atoms with Crippen LogP contribution in [0.1, 0.15) is 44.2 Å². The first-order chi connectivity index (χ1) is 6.03. The molecule has 0 atom stereocenters. The van der Waals surface area contributed by atoms with E-state index in [1.165, 1.54) is 0 Å². The highest BCUT2D eigenvalue weighted by atomic mass is 16.5. The fraction of sp³-hybridized carbons (Fsp3) is 0.600. The molecule has 3 heteroatoms. The number of aromatic nitrogens is 1. The Labute approximate surface area is 78.3 Å². The molecule has 3 nitrogen and oxygen atoms in total. The van der Waals surface area contributed by atoms with E-state index in [9.17, 15) is 0 Å². The summed E-state index contributed by atoms with van der Waals surface area (Å²) in [7, 11) is 0. The third kappa shape index (κ3) is 1.57. The van der Waals surface area contributed by atoms with Crippen LogP contribution in [0.5, 0.6) is 0 Å². The van der Waals surface area contributed by atoms with Crippen molar-refractivity contribution in [3.05, 3.63) is 17.0 Å². The molecule has 13 heavy (non-hydrogen) atoms. The van der Waals surface area contributed by atoms with E-state index in [0.717, 1.165) is 6.42 Å².